The number of halogens is 2. The molecule has 184 valence electrons. The quantitative estimate of drug-likeness (QED) is 0.307. The summed E-state index contributed by atoms with van der Waals surface area (Å²) in [6.07, 6.45) is 1.05. The summed E-state index contributed by atoms with van der Waals surface area (Å²) in [6.45, 7) is 3.58. The van der Waals surface area contributed by atoms with E-state index in [1.54, 1.807) is 30.3 Å². The molecule has 35 heavy (non-hydrogen) atoms. The van der Waals surface area contributed by atoms with Gasteiger partial charge in [0.1, 0.15) is 17.6 Å². The fourth-order valence-electron chi connectivity index (χ4n) is 3.56. The lowest BCUT2D eigenvalue weighted by Gasteiger charge is -2.32. The normalized spacial score (nSPS) is 12.5. The molecule has 0 saturated carbocycles. The molecule has 5 nitrogen and oxygen atoms in total. The molecule has 0 aliphatic carbocycles. The van der Waals surface area contributed by atoms with Gasteiger partial charge in [0.25, 0.3) is 5.91 Å². The Morgan fingerprint density at radius 1 is 1.00 bits per heavy atom. The summed E-state index contributed by atoms with van der Waals surface area (Å²) < 4.78 is 21.4. The Morgan fingerprint density at radius 2 is 1.66 bits per heavy atom. The fourth-order valence-corrected chi connectivity index (χ4v) is 3.92. The highest BCUT2D eigenvalue weighted by molar-refractivity contribution is 14.1. The predicted molar refractivity (Wildman–Crippen MR) is 143 cm³/mol. The molecule has 7 heteroatoms. The van der Waals surface area contributed by atoms with Gasteiger partial charge < -0.3 is 15.0 Å². The van der Waals surface area contributed by atoms with Gasteiger partial charge in [-0.05, 0) is 71.8 Å². The van der Waals surface area contributed by atoms with Gasteiger partial charge in [-0.3, -0.25) is 9.59 Å². The molecule has 3 aromatic carbocycles. The third-order valence-corrected chi connectivity index (χ3v) is 6.47. The maximum Gasteiger partial charge on any atom is 0.261 e. The molecule has 0 radical (unpaired) electrons. The van der Waals surface area contributed by atoms with Crippen LogP contribution in [0.1, 0.15) is 31.4 Å². The van der Waals surface area contributed by atoms with E-state index in [-0.39, 0.29) is 25.1 Å². The molecule has 3 aromatic rings. The molecule has 3 rings (SSSR count). The highest BCUT2D eigenvalue weighted by Crippen LogP contribution is 2.18. The maximum absolute atomic E-state index is 14.6. The van der Waals surface area contributed by atoms with Crippen molar-refractivity contribution in [3.05, 3.63) is 99.4 Å². The van der Waals surface area contributed by atoms with Crippen molar-refractivity contribution in [2.45, 2.75) is 45.3 Å². The van der Waals surface area contributed by atoms with Gasteiger partial charge in [-0.25, -0.2) is 4.39 Å². The van der Waals surface area contributed by atoms with E-state index in [9.17, 15) is 14.0 Å². The molecule has 0 saturated heterocycles. The third kappa shape index (κ3) is 8.06. The van der Waals surface area contributed by atoms with E-state index >= 15 is 0 Å². The Kier molecular flexibility index (Phi) is 10.1. The number of nitrogens with zero attached hydrogens (tertiary/aromatic N) is 1. The lowest BCUT2D eigenvalue weighted by atomic mass is 10.0. The van der Waals surface area contributed by atoms with E-state index in [0.29, 0.717) is 17.7 Å². The zero-order chi connectivity index (χ0) is 25.2. The first kappa shape index (κ1) is 26.7. The molecule has 2 amide bonds. The van der Waals surface area contributed by atoms with Crippen LogP contribution in [-0.4, -0.2) is 35.4 Å². The summed E-state index contributed by atoms with van der Waals surface area (Å²) >= 11 is 2.19. The molecule has 0 spiro atoms. The van der Waals surface area contributed by atoms with E-state index in [1.165, 1.54) is 11.0 Å². The first-order valence-electron chi connectivity index (χ1n) is 11.6. The SMILES string of the molecule is CC[C@H](C)NC(=O)[C@@H](Cc1ccccc1)N(Cc1ccccc1F)C(=O)COc1ccc(I)cc1. The van der Waals surface area contributed by atoms with E-state index in [4.69, 9.17) is 4.74 Å². The molecular weight excluding hydrogens is 558 g/mol. The number of hydrogen-bond acceptors (Lipinski definition) is 3. The summed E-state index contributed by atoms with van der Waals surface area (Å²) in [4.78, 5) is 28.3. The minimum Gasteiger partial charge on any atom is -0.484 e. The monoisotopic (exact) mass is 588 g/mol. The molecular formula is C28H30FIN2O3. The van der Waals surface area contributed by atoms with Crippen LogP contribution < -0.4 is 10.1 Å². The Balaban J connectivity index is 1.91. The topological polar surface area (TPSA) is 58.6 Å². The zero-order valence-electron chi connectivity index (χ0n) is 19.9. The van der Waals surface area contributed by atoms with E-state index < -0.39 is 17.8 Å². The summed E-state index contributed by atoms with van der Waals surface area (Å²) in [7, 11) is 0. The van der Waals surface area contributed by atoms with Gasteiger partial charge in [0.15, 0.2) is 6.61 Å². The van der Waals surface area contributed by atoms with Gasteiger partial charge in [0.2, 0.25) is 5.91 Å². The summed E-state index contributed by atoms with van der Waals surface area (Å²) in [5, 5.41) is 3.00. The molecule has 0 unspecified atom stereocenters. The number of benzene rings is 3. The van der Waals surface area contributed by atoms with Crippen molar-refractivity contribution < 1.29 is 18.7 Å². The van der Waals surface area contributed by atoms with Crippen molar-refractivity contribution in [2.24, 2.45) is 0 Å². The molecule has 1 N–H and O–H groups in total. The average Bonchev–Trinajstić information content (AvgIpc) is 2.87. The van der Waals surface area contributed by atoms with Gasteiger partial charge in [-0.1, -0.05) is 55.5 Å². The maximum atomic E-state index is 14.6. The number of nitrogens with one attached hydrogen (secondary N) is 1. The highest BCUT2D eigenvalue weighted by atomic mass is 127. The molecule has 0 aliphatic heterocycles. The Bertz CT molecular complexity index is 1110. The van der Waals surface area contributed by atoms with Crippen LogP contribution >= 0.6 is 22.6 Å². The van der Waals surface area contributed by atoms with Crippen LogP contribution in [0.15, 0.2) is 78.9 Å². The van der Waals surface area contributed by atoms with Crippen molar-refractivity contribution >= 4 is 34.4 Å². The van der Waals surface area contributed by atoms with Gasteiger partial charge in [0.05, 0.1) is 0 Å². The summed E-state index contributed by atoms with van der Waals surface area (Å²) in [6, 6.07) is 22.2. The smallest absolute Gasteiger partial charge is 0.261 e. The van der Waals surface area contributed by atoms with Crippen LogP contribution in [0.2, 0.25) is 0 Å². The second-order valence-electron chi connectivity index (χ2n) is 8.38. The number of carbonyl (C=O) groups excluding carboxylic acids is 2. The second-order valence-corrected chi connectivity index (χ2v) is 9.62. The first-order chi connectivity index (χ1) is 16.9. The van der Waals surface area contributed by atoms with Crippen LogP contribution in [0.4, 0.5) is 4.39 Å². The number of carbonyl (C=O) groups is 2. The van der Waals surface area contributed by atoms with Crippen molar-refractivity contribution in [3.8, 4) is 5.75 Å². The average molecular weight is 588 g/mol. The molecule has 0 aliphatic rings. The predicted octanol–water partition coefficient (Wildman–Crippen LogP) is 5.36. The van der Waals surface area contributed by atoms with Crippen LogP contribution in [0.25, 0.3) is 0 Å². The number of amides is 2. The van der Waals surface area contributed by atoms with Crippen LogP contribution in [-0.2, 0) is 22.6 Å². The lowest BCUT2D eigenvalue weighted by Crippen LogP contribution is -2.53. The largest absolute Gasteiger partial charge is 0.484 e. The van der Waals surface area contributed by atoms with Crippen molar-refractivity contribution in [1.29, 1.82) is 0 Å². The Morgan fingerprint density at radius 3 is 2.31 bits per heavy atom. The van der Waals surface area contributed by atoms with Gasteiger partial charge >= 0.3 is 0 Å². The van der Waals surface area contributed by atoms with Gasteiger partial charge in [-0.2, -0.15) is 0 Å². The first-order valence-corrected chi connectivity index (χ1v) is 12.7. The zero-order valence-corrected chi connectivity index (χ0v) is 22.1. The highest BCUT2D eigenvalue weighted by Gasteiger charge is 2.31. The van der Waals surface area contributed by atoms with Crippen LogP contribution in [0.5, 0.6) is 5.75 Å². The van der Waals surface area contributed by atoms with Crippen molar-refractivity contribution in [1.82, 2.24) is 10.2 Å². The van der Waals surface area contributed by atoms with E-state index in [0.717, 1.165) is 15.6 Å². The van der Waals surface area contributed by atoms with Crippen molar-refractivity contribution in [3.63, 3.8) is 0 Å². The molecule has 0 bridgehead atoms. The number of rotatable bonds is 11. The Hall–Kier alpha value is -2.94. The van der Waals surface area contributed by atoms with Crippen LogP contribution in [0.3, 0.4) is 0 Å². The van der Waals surface area contributed by atoms with E-state index in [2.05, 4.69) is 27.9 Å². The minimum absolute atomic E-state index is 0.0486. The number of ether oxygens (including phenoxy) is 1. The fraction of sp³-hybridized carbons (Fsp3) is 0.286. The summed E-state index contributed by atoms with van der Waals surface area (Å²) in [5.74, 6) is -0.549. The van der Waals surface area contributed by atoms with E-state index in [1.807, 2.05) is 56.3 Å². The molecule has 2 atom stereocenters. The molecule has 0 fully saturated rings. The van der Waals surface area contributed by atoms with Crippen LogP contribution in [0, 0.1) is 9.39 Å². The lowest BCUT2D eigenvalue weighted by molar-refractivity contribution is -0.143. The molecule has 0 heterocycles. The minimum atomic E-state index is -0.834. The summed E-state index contributed by atoms with van der Waals surface area (Å²) in [5.41, 5.74) is 1.24. The molecule has 0 aromatic heterocycles. The third-order valence-electron chi connectivity index (χ3n) is 5.75. The Labute approximate surface area is 219 Å². The van der Waals surface area contributed by atoms with Crippen molar-refractivity contribution in [2.75, 3.05) is 6.61 Å². The van der Waals surface area contributed by atoms with Gasteiger partial charge in [-0.15, -0.1) is 0 Å². The number of hydrogen-bond donors (Lipinski definition) is 1. The second kappa shape index (κ2) is 13.2. The van der Waals surface area contributed by atoms with Gasteiger partial charge in [0, 0.05) is 28.1 Å². The standard InChI is InChI=1S/C28H30FIN2O3/c1-3-20(2)31-28(34)26(17-21-9-5-4-6-10-21)32(18-22-11-7-8-12-25(22)29)27(33)19-35-24-15-13-23(30)14-16-24/h4-16,20,26H,3,17-19H2,1-2H3,(H,31,34)/t20-,26+/m0/s1.